The van der Waals surface area contributed by atoms with Gasteiger partial charge >= 0.3 is 0 Å². The SMILES string of the molecule is O=C(CN1CCC(Cc2ccccc2)CC1)Nc1ccccc1N1CCOCC1. The largest absolute Gasteiger partial charge is 0.378 e. The van der Waals surface area contributed by atoms with E-state index in [9.17, 15) is 4.79 Å². The number of para-hydroxylation sites is 2. The van der Waals surface area contributed by atoms with E-state index in [0.717, 1.165) is 75.9 Å². The number of hydrogen-bond donors (Lipinski definition) is 1. The van der Waals surface area contributed by atoms with Crippen molar-refractivity contribution in [3.63, 3.8) is 0 Å². The minimum atomic E-state index is 0.0761. The number of nitrogens with one attached hydrogen (secondary N) is 1. The van der Waals surface area contributed by atoms with Crippen molar-refractivity contribution in [2.75, 3.05) is 56.2 Å². The number of likely N-dealkylation sites (tertiary alicyclic amines) is 1. The number of hydrogen-bond acceptors (Lipinski definition) is 4. The van der Waals surface area contributed by atoms with Crippen molar-refractivity contribution < 1.29 is 9.53 Å². The maximum atomic E-state index is 12.7. The molecule has 0 unspecified atom stereocenters. The summed E-state index contributed by atoms with van der Waals surface area (Å²) in [6.45, 7) is 5.66. The van der Waals surface area contributed by atoms with Gasteiger partial charge in [0.25, 0.3) is 0 Å². The highest BCUT2D eigenvalue weighted by Gasteiger charge is 2.22. The average Bonchev–Trinajstić information content (AvgIpc) is 2.77. The smallest absolute Gasteiger partial charge is 0.238 e. The van der Waals surface area contributed by atoms with Gasteiger partial charge in [-0.2, -0.15) is 0 Å². The zero-order valence-electron chi connectivity index (χ0n) is 17.1. The summed E-state index contributed by atoms with van der Waals surface area (Å²) < 4.78 is 5.45. The second-order valence-electron chi connectivity index (χ2n) is 8.07. The molecule has 1 amide bonds. The van der Waals surface area contributed by atoms with Crippen molar-refractivity contribution in [1.29, 1.82) is 0 Å². The van der Waals surface area contributed by atoms with E-state index in [2.05, 4.69) is 51.5 Å². The molecule has 2 heterocycles. The Hall–Kier alpha value is -2.37. The van der Waals surface area contributed by atoms with Crippen molar-refractivity contribution in [3.8, 4) is 0 Å². The Morgan fingerprint density at radius 1 is 0.931 bits per heavy atom. The molecule has 0 bridgehead atoms. The molecular formula is C24H31N3O2. The van der Waals surface area contributed by atoms with Crippen LogP contribution in [0.25, 0.3) is 0 Å². The molecule has 5 nitrogen and oxygen atoms in total. The number of anilines is 2. The van der Waals surface area contributed by atoms with Gasteiger partial charge in [0.15, 0.2) is 0 Å². The predicted octanol–water partition coefficient (Wildman–Crippen LogP) is 3.42. The molecule has 2 aliphatic rings. The van der Waals surface area contributed by atoms with Crippen molar-refractivity contribution in [2.45, 2.75) is 19.3 Å². The lowest BCUT2D eigenvalue weighted by atomic mass is 9.90. The first-order valence-electron chi connectivity index (χ1n) is 10.8. The maximum absolute atomic E-state index is 12.7. The lowest BCUT2D eigenvalue weighted by molar-refractivity contribution is -0.117. The summed E-state index contributed by atoms with van der Waals surface area (Å²) in [5.74, 6) is 0.797. The van der Waals surface area contributed by atoms with E-state index in [1.807, 2.05) is 18.2 Å². The van der Waals surface area contributed by atoms with Crippen LogP contribution < -0.4 is 10.2 Å². The van der Waals surface area contributed by atoms with E-state index in [1.165, 1.54) is 5.56 Å². The average molecular weight is 394 g/mol. The van der Waals surface area contributed by atoms with Gasteiger partial charge in [-0.3, -0.25) is 9.69 Å². The van der Waals surface area contributed by atoms with E-state index in [4.69, 9.17) is 4.74 Å². The van der Waals surface area contributed by atoms with Gasteiger partial charge in [-0.25, -0.2) is 0 Å². The summed E-state index contributed by atoms with van der Waals surface area (Å²) in [6.07, 6.45) is 3.47. The third-order valence-corrected chi connectivity index (χ3v) is 5.97. The second-order valence-corrected chi connectivity index (χ2v) is 8.07. The molecule has 29 heavy (non-hydrogen) atoms. The Balaban J connectivity index is 1.27. The predicted molar refractivity (Wildman–Crippen MR) is 117 cm³/mol. The van der Waals surface area contributed by atoms with Gasteiger partial charge in [-0.05, 0) is 56.0 Å². The Morgan fingerprint density at radius 2 is 1.62 bits per heavy atom. The molecule has 2 saturated heterocycles. The second kappa shape index (κ2) is 9.90. The third kappa shape index (κ3) is 5.58. The molecule has 1 N–H and O–H groups in total. The molecule has 0 saturated carbocycles. The molecule has 0 aliphatic carbocycles. The summed E-state index contributed by atoms with van der Waals surface area (Å²) in [5.41, 5.74) is 3.41. The number of piperidine rings is 1. The minimum Gasteiger partial charge on any atom is -0.378 e. The Labute approximate surface area is 173 Å². The van der Waals surface area contributed by atoms with E-state index in [-0.39, 0.29) is 5.91 Å². The Kier molecular flexibility index (Phi) is 6.80. The van der Waals surface area contributed by atoms with E-state index < -0.39 is 0 Å². The lowest BCUT2D eigenvalue weighted by Gasteiger charge is -2.32. The van der Waals surface area contributed by atoms with Crippen molar-refractivity contribution in [2.24, 2.45) is 5.92 Å². The number of ether oxygens (including phenoxy) is 1. The van der Waals surface area contributed by atoms with Crippen LogP contribution in [-0.4, -0.2) is 56.7 Å². The van der Waals surface area contributed by atoms with Crippen LogP contribution in [0.2, 0.25) is 0 Å². The highest BCUT2D eigenvalue weighted by Crippen LogP contribution is 2.27. The monoisotopic (exact) mass is 393 g/mol. The number of benzene rings is 2. The molecule has 2 aromatic rings. The first-order chi connectivity index (χ1) is 14.3. The van der Waals surface area contributed by atoms with Crippen LogP contribution in [0, 0.1) is 5.92 Å². The highest BCUT2D eigenvalue weighted by molar-refractivity contribution is 5.95. The molecular weight excluding hydrogens is 362 g/mol. The van der Waals surface area contributed by atoms with Crippen LogP contribution in [0.15, 0.2) is 54.6 Å². The molecule has 2 aliphatic heterocycles. The highest BCUT2D eigenvalue weighted by atomic mass is 16.5. The van der Waals surface area contributed by atoms with Gasteiger partial charge in [-0.15, -0.1) is 0 Å². The fourth-order valence-corrected chi connectivity index (χ4v) is 4.35. The number of rotatable bonds is 6. The first-order valence-corrected chi connectivity index (χ1v) is 10.8. The van der Waals surface area contributed by atoms with Gasteiger partial charge in [-0.1, -0.05) is 42.5 Å². The van der Waals surface area contributed by atoms with E-state index in [0.29, 0.717) is 6.54 Å². The molecule has 2 fully saturated rings. The van der Waals surface area contributed by atoms with Crippen molar-refractivity contribution in [3.05, 3.63) is 60.2 Å². The zero-order valence-corrected chi connectivity index (χ0v) is 17.1. The minimum absolute atomic E-state index is 0.0761. The van der Waals surface area contributed by atoms with Crippen LogP contribution in [0.4, 0.5) is 11.4 Å². The topological polar surface area (TPSA) is 44.8 Å². The number of nitrogens with zero attached hydrogens (tertiary/aromatic N) is 2. The maximum Gasteiger partial charge on any atom is 0.238 e. The summed E-state index contributed by atoms with van der Waals surface area (Å²) >= 11 is 0. The molecule has 4 rings (SSSR count). The van der Waals surface area contributed by atoms with E-state index in [1.54, 1.807) is 0 Å². The standard InChI is InChI=1S/C24H31N3O2/c28-24(25-22-8-4-5-9-23(22)27-14-16-29-17-15-27)19-26-12-10-21(11-13-26)18-20-6-2-1-3-7-20/h1-9,21H,10-19H2,(H,25,28). The molecule has 154 valence electrons. The summed E-state index contributed by atoms with van der Waals surface area (Å²) in [5, 5.41) is 3.14. The van der Waals surface area contributed by atoms with Gasteiger partial charge in [0.1, 0.15) is 0 Å². The Morgan fingerprint density at radius 3 is 2.38 bits per heavy atom. The molecule has 0 spiro atoms. The summed E-state index contributed by atoms with van der Waals surface area (Å²) in [7, 11) is 0. The lowest BCUT2D eigenvalue weighted by Crippen LogP contribution is -2.40. The zero-order chi connectivity index (χ0) is 19.9. The van der Waals surface area contributed by atoms with Gasteiger partial charge in [0, 0.05) is 13.1 Å². The van der Waals surface area contributed by atoms with Gasteiger partial charge in [0.05, 0.1) is 31.1 Å². The van der Waals surface area contributed by atoms with Crippen LogP contribution in [-0.2, 0) is 16.0 Å². The third-order valence-electron chi connectivity index (χ3n) is 5.97. The molecule has 0 aromatic heterocycles. The van der Waals surface area contributed by atoms with Crippen LogP contribution >= 0.6 is 0 Å². The molecule has 0 atom stereocenters. The molecule has 0 radical (unpaired) electrons. The Bertz CT molecular complexity index is 782. The summed E-state index contributed by atoms with van der Waals surface area (Å²) in [4.78, 5) is 17.3. The van der Waals surface area contributed by atoms with Crippen LogP contribution in [0.5, 0.6) is 0 Å². The van der Waals surface area contributed by atoms with Gasteiger partial charge in [0.2, 0.25) is 5.91 Å². The van der Waals surface area contributed by atoms with Crippen LogP contribution in [0.3, 0.4) is 0 Å². The quantitative estimate of drug-likeness (QED) is 0.817. The normalized spacial score (nSPS) is 18.6. The number of carbonyl (C=O) groups is 1. The number of morpholine rings is 1. The first kappa shape index (κ1) is 19.9. The number of carbonyl (C=O) groups excluding carboxylic acids is 1. The fraction of sp³-hybridized carbons (Fsp3) is 0.458. The fourth-order valence-electron chi connectivity index (χ4n) is 4.35. The van der Waals surface area contributed by atoms with Crippen molar-refractivity contribution in [1.82, 2.24) is 4.90 Å². The van der Waals surface area contributed by atoms with E-state index >= 15 is 0 Å². The summed E-state index contributed by atoms with van der Waals surface area (Å²) in [6, 6.07) is 18.8. The molecule has 2 aromatic carbocycles. The number of amides is 1. The molecule has 5 heteroatoms. The van der Waals surface area contributed by atoms with Crippen molar-refractivity contribution >= 4 is 17.3 Å². The van der Waals surface area contributed by atoms with Gasteiger partial charge < -0.3 is 15.0 Å². The van der Waals surface area contributed by atoms with Crippen LogP contribution in [0.1, 0.15) is 18.4 Å².